The van der Waals surface area contributed by atoms with E-state index in [1.807, 2.05) is 0 Å². The molecule has 1 heterocycles. The summed E-state index contributed by atoms with van der Waals surface area (Å²) in [6, 6.07) is 0.802. The third kappa shape index (κ3) is 3.93. The molecule has 110 valence electrons. The number of hydrogen-bond acceptors (Lipinski definition) is 3. The second kappa shape index (κ2) is 6.55. The molecule has 3 rings (SSSR count). The Balaban J connectivity index is 1.33. The molecule has 3 aliphatic rings. The van der Waals surface area contributed by atoms with Crippen molar-refractivity contribution in [1.82, 2.24) is 15.1 Å². The van der Waals surface area contributed by atoms with Crippen LogP contribution in [0.2, 0.25) is 0 Å². The molecule has 0 amide bonds. The van der Waals surface area contributed by atoms with Gasteiger partial charge in [0, 0.05) is 38.8 Å². The Kier molecular flexibility index (Phi) is 4.78. The molecule has 0 aromatic carbocycles. The van der Waals surface area contributed by atoms with Gasteiger partial charge in [-0.3, -0.25) is 0 Å². The van der Waals surface area contributed by atoms with Crippen molar-refractivity contribution in [3.8, 4) is 0 Å². The Morgan fingerprint density at radius 2 is 1.68 bits per heavy atom. The molecule has 2 saturated carbocycles. The normalized spacial score (nSPS) is 33.9. The molecule has 3 heteroatoms. The summed E-state index contributed by atoms with van der Waals surface area (Å²) in [6.45, 7) is 7.97. The van der Waals surface area contributed by atoms with Crippen LogP contribution in [0.15, 0.2) is 0 Å². The van der Waals surface area contributed by atoms with E-state index in [9.17, 15) is 0 Å². The van der Waals surface area contributed by atoms with Gasteiger partial charge in [-0.1, -0.05) is 6.42 Å². The lowest BCUT2D eigenvalue weighted by atomic mass is 9.99. The highest BCUT2D eigenvalue weighted by Crippen LogP contribution is 2.30. The lowest BCUT2D eigenvalue weighted by Gasteiger charge is -2.35. The van der Waals surface area contributed by atoms with E-state index < -0.39 is 0 Å². The molecule has 0 aromatic rings. The molecule has 3 fully saturated rings. The lowest BCUT2D eigenvalue weighted by molar-refractivity contribution is 0.122. The molecule has 1 saturated heterocycles. The van der Waals surface area contributed by atoms with Crippen molar-refractivity contribution in [2.75, 3.05) is 46.3 Å². The van der Waals surface area contributed by atoms with Crippen LogP contribution in [0.1, 0.15) is 38.5 Å². The molecule has 0 aromatic heterocycles. The molecule has 1 N–H and O–H groups in total. The fourth-order valence-corrected chi connectivity index (χ4v) is 3.97. The molecular weight excluding hydrogens is 234 g/mol. The minimum absolute atomic E-state index is 0.802. The highest BCUT2D eigenvalue weighted by atomic mass is 15.3. The van der Waals surface area contributed by atoms with Crippen LogP contribution in [-0.4, -0.2) is 62.2 Å². The summed E-state index contributed by atoms with van der Waals surface area (Å²) in [7, 11) is 2.14. The van der Waals surface area contributed by atoms with E-state index in [1.54, 1.807) is 0 Å². The highest BCUT2D eigenvalue weighted by Gasteiger charge is 2.28. The molecule has 0 radical (unpaired) electrons. The van der Waals surface area contributed by atoms with Crippen LogP contribution in [0.4, 0.5) is 0 Å². The van der Waals surface area contributed by atoms with Crippen molar-refractivity contribution < 1.29 is 0 Å². The smallest absolute Gasteiger partial charge is 0.0110 e. The molecular formula is C16H31N3. The maximum absolute atomic E-state index is 3.51. The molecule has 1 aliphatic heterocycles. The molecule has 2 unspecified atom stereocenters. The summed E-state index contributed by atoms with van der Waals surface area (Å²) in [5.41, 5.74) is 0. The monoisotopic (exact) mass is 265 g/mol. The number of nitrogens with one attached hydrogen (secondary N) is 1. The Morgan fingerprint density at radius 3 is 2.37 bits per heavy atom. The van der Waals surface area contributed by atoms with Gasteiger partial charge in [0.15, 0.2) is 0 Å². The van der Waals surface area contributed by atoms with Crippen LogP contribution in [0, 0.1) is 11.8 Å². The van der Waals surface area contributed by atoms with Gasteiger partial charge in [0.1, 0.15) is 0 Å². The van der Waals surface area contributed by atoms with Crippen molar-refractivity contribution in [3.63, 3.8) is 0 Å². The zero-order valence-electron chi connectivity index (χ0n) is 12.6. The van der Waals surface area contributed by atoms with Gasteiger partial charge in [-0.25, -0.2) is 0 Å². The van der Waals surface area contributed by atoms with Crippen molar-refractivity contribution in [1.29, 1.82) is 0 Å². The summed E-state index contributed by atoms with van der Waals surface area (Å²) >= 11 is 0. The summed E-state index contributed by atoms with van der Waals surface area (Å²) in [6.07, 6.45) is 8.68. The lowest BCUT2D eigenvalue weighted by Crippen LogP contribution is -2.47. The zero-order valence-corrected chi connectivity index (χ0v) is 12.6. The number of piperazine rings is 1. The summed E-state index contributed by atoms with van der Waals surface area (Å²) < 4.78 is 0. The van der Waals surface area contributed by atoms with Gasteiger partial charge in [0.25, 0.3) is 0 Å². The van der Waals surface area contributed by atoms with E-state index >= 15 is 0 Å². The molecule has 0 spiro atoms. The maximum atomic E-state index is 3.51. The van der Waals surface area contributed by atoms with Gasteiger partial charge >= 0.3 is 0 Å². The quantitative estimate of drug-likeness (QED) is 0.790. The van der Waals surface area contributed by atoms with E-state index in [2.05, 4.69) is 22.2 Å². The summed E-state index contributed by atoms with van der Waals surface area (Å²) in [4.78, 5) is 5.40. The average molecular weight is 265 g/mol. The van der Waals surface area contributed by atoms with Gasteiger partial charge < -0.3 is 15.1 Å². The zero-order chi connectivity index (χ0) is 13.1. The standard InChI is InChI=1S/C16H31N3/c1-17-16-4-2-3-15(16)7-8-18-9-11-19(12-10-18)13-14-5-6-14/h14-17H,2-13H2,1H3. The minimum Gasteiger partial charge on any atom is -0.317 e. The first-order chi connectivity index (χ1) is 9.35. The van der Waals surface area contributed by atoms with Gasteiger partial charge in [-0.15, -0.1) is 0 Å². The van der Waals surface area contributed by atoms with Gasteiger partial charge in [-0.05, 0) is 57.5 Å². The Morgan fingerprint density at radius 1 is 0.947 bits per heavy atom. The first-order valence-corrected chi connectivity index (χ1v) is 8.47. The second-order valence-electron chi connectivity index (χ2n) is 6.96. The predicted molar refractivity (Wildman–Crippen MR) is 80.4 cm³/mol. The molecule has 2 atom stereocenters. The van der Waals surface area contributed by atoms with Gasteiger partial charge in [-0.2, -0.15) is 0 Å². The van der Waals surface area contributed by atoms with Crippen molar-refractivity contribution >= 4 is 0 Å². The molecule has 19 heavy (non-hydrogen) atoms. The maximum Gasteiger partial charge on any atom is 0.0110 e. The fourth-order valence-electron chi connectivity index (χ4n) is 3.97. The molecule has 3 nitrogen and oxygen atoms in total. The van der Waals surface area contributed by atoms with E-state index in [4.69, 9.17) is 0 Å². The Hall–Kier alpha value is -0.120. The van der Waals surface area contributed by atoms with Crippen molar-refractivity contribution in [2.45, 2.75) is 44.6 Å². The van der Waals surface area contributed by atoms with E-state index in [1.165, 1.54) is 77.8 Å². The number of hydrogen-bond donors (Lipinski definition) is 1. The molecule has 0 bridgehead atoms. The van der Waals surface area contributed by atoms with Crippen LogP contribution < -0.4 is 5.32 Å². The SMILES string of the molecule is CNC1CCCC1CCN1CCN(CC2CC2)CC1. The number of rotatable bonds is 6. The summed E-state index contributed by atoms with van der Waals surface area (Å²) in [5, 5.41) is 3.51. The largest absolute Gasteiger partial charge is 0.317 e. The second-order valence-corrected chi connectivity index (χ2v) is 6.96. The fraction of sp³-hybridized carbons (Fsp3) is 1.00. The molecule has 2 aliphatic carbocycles. The van der Waals surface area contributed by atoms with Crippen molar-refractivity contribution in [3.05, 3.63) is 0 Å². The third-order valence-electron chi connectivity index (χ3n) is 5.52. The van der Waals surface area contributed by atoms with Crippen molar-refractivity contribution in [2.24, 2.45) is 11.8 Å². The Bertz CT molecular complexity index is 269. The first-order valence-electron chi connectivity index (χ1n) is 8.47. The van der Waals surface area contributed by atoms with E-state index in [-0.39, 0.29) is 0 Å². The average Bonchev–Trinajstić information content (AvgIpc) is 3.13. The summed E-state index contributed by atoms with van der Waals surface area (Å²) in [5.74, 6) is 2.00. The third-order valence-corrected chi connectivity index (χ3v) is 5.52. The van der Waals surface area contributed by atoms with Crippen LogP contribution >= 0.6 is 0 Å². The van der Waals surface area contributed by atoms with E-state index in [0.29, 0.717) is 0 Å². The Labute approximate surface area is 118 Å². The van der Waals surface area contributed by atoms with Crippen LogP contribution in [0.5, 0.6) is 0 Å². The van der Waals surface area contributed by atoms with Gasteiger partial charge in [0.2, 0.25) is 0 Å². The number of nitrogens with zero attached hydrogens (tertiary/aromatic N) is 2. The van der Waals surface area contributed by atoms with Crippen LogP contribution in [-0.2, 0) is 0 Å². The topological polar surface area (TPSA) is 18.5 Å². The van der Waals surface area contributed by atoms with Crippen LogP contribution in [0.3, 0.4) is 0 Å². The first kappa shape index (κ1) is 13.8. The van der Waals surface area contributed by atoms with E-state index in [0.717, 1.165) is 17.9 Å². The predicted octanol–water partition coefficient (Wildman–Crippen LogP) is 1.79. The van der Waals surface area contributed by atoms with Gasteiger partial charge in [0.05, 0.1) is 0 Å². The minimum atomic E-state index is 0.802. The van der Waals surface area contributed by atoms with Crippen LogP contribution in [0.25, 0.3) is 0 Å². The highest BCUT2D eigenvalue weighted by molar-refractivity contribution is 4.84.